The first kappa shape index (κ1) is 11.0. The van der Waals surface area contributed by atoms with E-state index in [4.69, 9.17) is 19.7 Å². The molecule has 2 amide bonds. The molecule has 0 aromatic rings. The molecule has 0 aromatic carbocycles. The first-order valence-electron chi connectivity index (χ1n) is 4.80. The highest BCUT2D eigenvalue weighted by atomic mass is 16.6. The van der Waals surface area contributed by atoms with Gasteiger partial charge in [-0.05, 0) is 0 Å². The van der Waals surface area contributed by atoms with Crippen molar-refractivity contribution in [2.24, 2.45) is 0 Å². The van der Waals surface area contributed by atoms with Crippen LogP contribution in [-0.2, 0) is 9.47 Å². The molecule has 2 aliphatic heterocycles. The number of rotatable bonds is 2. The number of carboxylic acid groups (broad SMARTS) is 2. The highest BCUT2D eigenvalue weighted by Gasteiger charge is 2.48. The van der Waals surface area contributed by atoms with E-state index >= 15 is 0 Å². The lowest BCUT2D eigenvalue weighted by molar-refractivity contribution is 0.0654. The maximum Gasteiger partial charge on any atom is 0.405 e. The van der Waals surface area contributed by atoms with Gasteiger partial charge in [0, 0.05) is 0 Å². The smallest absolute Gasteiger partial charge is 0.405 e. The van der Waals surface area contributed by atoms with Crippen LogP contribution in [0.2, 0.25) is 0 Å². The van der Waals surface area contributed by atoms with Crippen molar-refractivity contribution in [1.29, 1.82) is 0 Å². The molecule has 4 atom stereocenters. The molecule has 8 nitrogen and oxygen atoms in total. The molecular weight excluding hydrogens is 220 g/mol. The quantitative estimate of drug-likeness (QED) is 0.488. The van der Waals surface area contributed by atoms with Crippen LogP contribution in [-0.4, -0.2) is 59.9 Å². The van der Waals surface area contributed by atoms with E-state index in [9.17, 15) is 9.59 Å². The number of hydrogen-bond acceptors (Lipinski definition) is 4. The Morgan fingerprint density at radius 2 is 1.31 bits per heavy atom. The van der Waals surface area contributed by atoms with Gasteiger partial charge >= 0.3 is 12.2 Å². The maximum absolute atomic E-state index is 10.5. The van der Waals surface area contributed by atoms with Gasteiger partial charge in [-0.3, -0.25) is 0 Å². The van der Waals surface area contributed by atoms with Crippen LogP contribution in [0.4, 0.5) is 9.59 Å². The molecule has 0 saturated carbocycles. The fraction of sp³-hybridized carbons (Fsp3) is 0.750. The zero-order valence-corrected chi connectivity index (χ0v) is 8.25. The van der Waals surface area contributed by atoms with Crippen molar-refractivity contribution in [2.75, 3.05) is 13.2 Å². The van der Waals surface area contributed by atoms with E-state index in [0.29, 0.717) is 0 Å². The van der Waals surface area contributed by atoms with E-state index in [1.165, 1.54) is 0 Å². The topological polar surface area (TPSA) is 117 Å². The second-order valence-corrected chi connectivity index (χ2v) is 3.71. The molecule has 0 radical (unpaired) electrons. The molecular formula is C8H12N2O6. The second-order valence-electron chi connectivity index (χ2n) is 3.71. The van der Waals surface area contributed by atoms with Gasteiger partial charge in [0.15, 0.2) is 0 Å². The molecule has 8 heteroatoms. The predicted molar refractivity (Wildman–Crippen MR) is 49.4 cm³/mol. The molecule has 0 bridgehead atoms. The van der Waals surface area contributed by atoms with Crippen molar-refractivity contribution < 1.29 is 29.3 Å². The zero-order chi connectivity index (χ0) is 11.7. The van der Waals surface area contributed by atoms with Crippen LogP contribution < -0.4 is 10.6 Å². The van der Waals surface area contributed by atoms with Crippen molar-refractivity contribution in [2.45, 2.75) is 24.3 Å². The lowest BCUT2D eigenvalue weighted by atomic mass is 10.1. The largest absolute Gasteiger partial charge is 0.465 e. The summed E-state index contributed by atoms with van der Waals surface area (Å²) in [6.07, 6.45) is -3.14. The zero-order valence-electron chi connectivity index (χ0n) is 8.25. The Hall–Kier alpha value is -1.54. The molecule has 2 fully saturated rings. The number of ether oxygens (including phenoxy) is 2. The SMILES string of the molecule is O=C(O)N[C@H]1CO[C@H]2[C@@H]1OC[C@H]2NC(=O)O. The lowest BCUT2D eigenvalue weighted by Gasteiger charge is -2.16. The first-order chi connectivity index (χ1) is 7.58. The minimum Gasteiger partial charge on any atom is -0.465 e. The molecule has 2 aliphatic rings. The summed E-state index contributed by atoms with van der Waals surface area (Å²) in [6.45, 7) is 0.388. The summed E-state index contributed by atoms with van der Waals surface area (Å²) in [5, 5.41) is 21.7. The third-order valence-electron chi connectivity index (χ3n) is 2.67. The maximum atomic E-state index is 10.5. The van der Waals surface area contributed by atoms with Crippen molar-refractivity contribution in [3.05, 3.63) is 0 Å². The summed E-state index contributed by atoms with van der Waals surface area (Å²) < 4.78 is 10.7. The molecule has 2 rings (SSSR count). The normalized spacial score (nSPS) is 36.8. The van der Waals surface area contributed by atoms with Crippen molar-refractivity contribution >= 4 is 12.2 Å². The Morgan fingerprint density at radius 1 is 0.938 bits per heavy atom. The number of nitrogens with one attached hydrogen (secondary N) is 2. The van der Waals surface area contributed by atoms with Crippen LogP contribution in [0.25, 0.3) is 0 Å². The highest BCUT2D eigenvalue weighted by Crippen LogP contribution is 2.26. The van der Waals surface area contributed by atoms with Crippen molar-refractivity contribution in [1.82, 2.24) is 10.6 Å². The number of amides is 2. The van der Waals surface area contributed by atoms with E-state index in [1.54, 1.807) is 0 Å². The monoisotopic (exact) mass is 232 g/mol. The van der Waals surface area contributed by atoms with E-state index in [0.717, 1.165) is 0 Å². The summed E-state index contributed by atoms with van der Waals surface area (Å²) in [7, 11) is 0. The molecule has 4 N–H and O–H groups in total. The van der Waals surface area contributed by atoms with E-state index < -0.39 is 36.5 Å². The van der Waals surface area contributed by atoms with Crippen LogP contribution in [0.5, 0.6) is 0 Å². The van der Waals surface area contributed by atoms with Gasteiger partial charge in [-0.1, -0.05) is 0 Å². The Morgan fingerprint density at radius 3 is 1.62 bits per heavy atom. The van der Waals surface area contributed by atoms with E-state index in [1.807, 2.05) is 0 Å². The lowest BCUT2D eigenvalue weighted by Crippen LogP contribution is -2.46. The average molecular weight is 232 g/mol. The van der Waals surface area contributed by atoms with E-state index in [2.05, 4.69) is 10.6 Å². The molecule has 90 valence electrons. The minimum atomic E-state index is -1.15. The van der Waals surface area contributed by atoms with Gasteiger partial charge in [0.2, 0.25) is 0 Å². The van der Waals surface area contributed by atoms with Crippen LogP contribution in [0.1, 0.15) is 0 Å². The molecule has 16 heavy (non-hydrogen) atoms. The van der Waals surface area contributed by atoms with Crippen LogP contribution in [0.15, 0.2) is 0 Å². The summed E-state index contributed by atoms with van der Waals surface area (Å²) in [4.78, 5) is 20.9. The van der Waals surface area contributed by atoms with Gasteiger partial charge < -0.3 is 30.3 Å². The molecule has 2 saturated heterocycles. The second kappa shape index (κ2) is 4.14. The predicted octanol–water partition coefficient (Wildman–Crippen LogP) is -0.944. The molecule has 2 heterocycles. The standard InChI is InChI=1S/C8H12N2O6/c11-7(12)9-3-1-15-6-4(10-8(13)14)2-16-5(3)6/h3-6,9-10H,1-2H2,(H,11,12)(H,13,14)/t3-,4+,5-,6-/m1/s1. The highest BCUT2D eigenvalue weighted by molar-refractivity contribution is 5.65. The average Bonchev–Trinajstić information content (AvgIpc) is 2.70. The van der Waals surface area contributed by atoms with Crippen LogP contribution >= 0.6 is 0 Å². The minimum absolute atomic E-state index is 0.194. The van der Waals surface area contributed by atoms with E-state index in [-0.39, 0.29) is 13.2 Å². The fourth-order valence-corrected chi connectivity index (χ4v) is 2.06. The Labute approximate surface area is 90.5 Å². The van der Waals surface area contributed by atoms with Gasteiger partial charge in [-0.2, -0.15) is 0 Å². The third-order valence-corrected chi connectivity index (χ3v) is 2.67. The van der Waals surface area contributed by atoms with Crippen molar-refractivity contribution in [3.8, 4) is 0 Å². The summed E-state index contributed by atoms with van der Waals surface area (Å²) in [5.41, 5.74) is 0. The summed E-state index contributed by atoms with van der Waals surface area (Å²) in [6, 6.07) is -0.883. The number of fused-ring (bicyclic) bond motifs is 1. The van der Waals surface area contributed by atoms with Gasteiger partial charge in [-0.25, -0.2) is 9.59 Å². The molecule has 0 spiro atoms. The third kappa shape index (κ3) is 2.02. The van der Waals surface area contributed by atoms with Gasteiger partial charge in [0.05, 0.1) is 25.3 Å². The Balaban J connectivity index is 1.95. The van der Waals surface area contributed by atoms with Crippen LogP contribution in [0.3, 0.4) is 0 Å². The Bertz CT molecular complexity index is 279. The van der Waals surface area contributed by atoms with Gasteiger partial charge in [0.25, 0.3) is 0 Å². The summed E-state index contributed by atoms with van der Waals surface area (Å²) >= 11 is 0. The fourth-order valence-electron chi connectivity index (χ4n) is 2.06. The molecule has 0 aliphatic carbocycles. The van der Waals surface area contributed by atoms with Gasteiger partial charge in [0.1, 0.15) is 12.2 Å². The van der Waals surface area contributed by atoms with Crippen LogP contribution in [0, 0.1) is 0 Å². The molecule has 0 aromatic heterocycles. The summed E-state index contributed by atoms with van der Waals surface area (Å²) in [5.74, 6) is 0. The van der Waals surface area contributed by atoms with Crippen molar-refractivity contribution in [3.63, 3.8) is 0 Å². The number of hydrogen-bond donors (Lipinski definition) is 4. The molecule has 0 unspecified atom stereocenters. The number of carbonyl (C=O) groups is 2. The Kier molecular flexibility index (Phi) is 2.84. The van der Waals surface area contributed by atoms with Gasteiger partial charge in [-0.15, -0.1) is 0 Å². The first-order valence-corrected chi connectivity index (χ1v) is 4.80.